The number of nitro groups is 1. The molecule has 0 saturated carbocycles. The predicted molar refractivity (Wildman–Crippen MR) is 76.9 cm³/mol. The zero-order chi connectivity index (χ0) is 13.8. The zero-order valence-electron chi connectivity index (χ0n) is 9.87. The molecule has 0 radical (unpaired) electrons. The van der Waals surface area contributed by atoms with Crippen molar-refractivity contribution in [3.8, 4) is 11.6 Å². The van der Waals surface area contributed by atoms with Gasteiger partial charge in [-0.15, -0.1) is 11.8 Å². The van der Waals surface area contributed by atoms with Crippen LogP contribution in [-0.2, 0) is 0 Å². The lowest BCUT2D eigenvalue weighted by molar-refractivity contribution is -0.386. The van der Waals surface area contributed by atoms with E-state index in [0.29, 0.717) is 10.2 Å². The number of rotatable bonds is 4. The van der Waals surface area contributed by atoms with E-state index in [1.807, 2.05) is 18.4 Å². The van der Waals surface area contributed by atoms with Crippen molar-refractivity contribution in [3.63, 3.8) is 0 Å². The summed E-state index contributed by atoms with van der Waals surface area (Å²) in [7, 11) is 0. The summed E-state index contributed by atoms with van der Waals surface area (Å²) in [6.07, 6.45) is 3.37. The molecule has 0 N–H and O–H groups in total. The van der Waals surface area contributed by atoms with Gasteiger partial charge in [0, 0.05) is 21.6 Å². The molecule has 0 amide bonds. The Morgan fingerprint density at radius 1 is 1.42 bits per heavy atom. The van der Waals surface area contributed by atoms with E-state index in [2.05, 4.69) is 20.9 Å². The normalized spacial score (nSPS) is 10.2. The molecule has 19 heavy (non-hydrogen) atoms. The molecule has 1 aromatic carbocycles. The van der Waals surface area contributed by atoms with Crippen molar-refractivity contribution in [2.24, 2.45) is 0 Å². The number of ether oxygens (including phenoxy) is 1. The molecule has 2 rings (SSSR count). The number of aromatic nitrogens is 1. The highest BCUT2D eigenvalue weighted by molar-refractivity contribution is 9.10. The van der Waals surface area contributed by atoms with E-state index in [-0.39, 0.29) is 11.6 Å². The van der Waals surface area contributed by atoms with Gasteiger partial charge in [0.25, 0.3) is 5.88 Å². The fourth-order valence-electron chi connectivity index (χ4n) is 1.43. The van der Waals surface area contributed by atoms with Crippen molar-refractivity contribution < 1.29 is 9.66 Å². The SMILES string of the molecule is CSc1ccccc1Oc1ncc(Br)cc1[N+](=O)[O-]. The first-order valence-electron chi connectivity index (χ1n) is 5.22. The van der Waals surface area contributed by atoms with Crippen molar-refractivity contribution >= 4 is 33.4 Å². The van der Waals surface area contributed by atoms with Crippen LogP contribution in [0.1, 0.15) is 0 Å². The Balaban J connectivity index is 2.41. The molecule has 0 atom stereocenters. The monoisotopic (exact) mass is 340 g/mol. The number of halogens is 1. The standard InChI is InChI=1S/C12H9BrN2O3S/c1-19-11-5-3-2-4-10(11)18-12-9(15(16)17)6-8(13)7-14-12/h2-7H,1H3. The van der Waals surface area contributed by atoms with Crippen LogP contribution in [0.5, 0.6) is 11.6 Å². The van der Waals surface area contributed by atoms with Crippen LogP contribution < -0.4 is 4.74 Å². The van der Waals surface area contributed by atoms with Gasteiger partial charge in [-0.05, 0) is 34.3 Å². The summed E-state index contributed by atoms with van der Waals surface area (Å²) in [6, 6.07) is 8.68. The second kappa shape index (κ2) is 6.03. The van der Waals surface area contributed by atoms with Gasteiger partial charge in [-0.3, -0.25) is 10.1 Å². The maximum absolute atomic E-state index is 11.0. The first-order chi connectivity index (χ1) is 9.11. The number of benzene rings is 1. The topological polar surface area (TPSA) is 65.3 Å². The molecule has 0 aliphatic carbocycles. The van der Waals surface area contributed by atoms with Crippen LogP contribution in [0.15, 0.2) is 45.9 Å². The van der Waals surface area contributed by atoms with Gasteiger partial charge in [0.1, 0.15) is 5.75 Å². The van der Waals surface area contributed by atoms with E-state index >= 15 is 0 Å². The molecule has 0 saturated heterocycles. The van der Waals surface area contributed by atoms with Crippen LogP contribution in [-0.4, -0.2) is 16.2 Å². The zero-order valence-corrected chi connectivity index (χ0v) is 12.3. The molecule has 0 spiro atoms. The van der Waals surface area contributed by atoms with Crippen molar-refractivity contribution in [1.29, 1.82) is 0 Å². The van der Waals surface area contributed by atoms with E-state index in [1.54, 1.807) is 12.1 Å². The summed E-state index contributed by atoms with van der Waals surface area (Å²) < 4.78 is 6.09. The maximum atomic E-state index is 11.0. The summed E-state index contributed by atoms with van der Waals surface area (Å²) in [6.45, 7) is 0. The Morgan fingerprint density at radius 3 is 2.84 bits per heavy atom. The van der Waals surface area contributed by atoms with Crippen molar-refractivity contribution in [1.82, 2.24) is 4.98 Å². The highest BCUT2D eigenvalue weighted by atomic mass is 79.9. The van der Waals surface area contributed by atoms with Crippen molar-refractivity contribution in [3.05, 3.63) is 51.1 Å². The Hall–Kier alpha value is -1.60. The van der Waals surface area contributed by atoms with Gasteiger partial charge in [0.05, 0.1) is 4.92 Å². The van der Waals surface area contributed by atoms with Crippen LogP contribution in [0.25, 0.3) is 0 Å². The Labute approximate surface area is 122 Å². The Morgan fingerprint density at radius 2 is 2.16 bits per heavy atom. The van der Waals surface area contributed by atoms with Gasteiger partial charge in [-0.2, -0.15) is 0 Å². The largest absolute Gasteiger partial charge is 0.432 e. The highest BCUT2D eigenvalue weighted by Crippen LogP contribution is 2.35. The fourth-order valence-corrected chi connectivity index (χ4v) is 2.28. The average Bonchev–Trinajstić information content (AvgIpc) is 2.41. The molecule has 0 fully saturated rings. The molecular formula is C12H9BrN2O3S. The minimum absolute atomic E-state index is 0.0188. The van der Waals surface area contributed by atoms with E-state index in [1.165, 1.54) is 24.0 Å². The first-order valence-corrected chi connectivity index (χ1v) is 7.24. The molecule has 0 bridgehead atoms. The van der Waals surface area contributed by atoms with Gasteiger partial charge in [0.15, 0.2) is 0 Å². The molecule has 2 aromatic rings. The smallest absolute Gasteiger partial charge is 0.332 e. The number of pyridine rings is 1. The third-order valence-electron chi connectivity index (χ3n) is 2.27. The summed E-state index contributed by atoms with van der Waals surface area (Å²) in [5, 5.41) is 11.0. The molecule has 7 heteroatoms. The number of hydrogen-bond acceptors (Lipinski definition) is 5. The van der Waals surface area contributed by atoms with Gasteiger partial charge in [-0.1, -0.05) is 12.1 Å². The lowest BCUT2D eigenvalue weighted by atomic mass is 10.3. The molecule has 0 unspecified atom stereocenters. The molecule has 1 aromatic heterocycles. The summed E-state index contributed by atoms with van der Waals surface area (Å²) in [5.74, 6) is 0.530. The summed E-state index contributed by atoms with van der Waals surface area (Å²) in [5.41, 5.74) is -0.176. The number of nitrogens with zero attached hydrogens (tertiary/aromatic N) is 2. The molecule has 98 valence electrons. The number of thioether (sulfide) groups is 1. The van der Waals surface area contributed by atoms with Gasteiger partial charge < -0.3 is 4.74 Å². The van der Waals surface area contributed by atoms with Gasteiger partial charge >= 0.3 is 5.69 Å². The molecule has 1 heterocycles. The van der Waals surface area contributed by atoms with Crippen molar-refractivity contribution in [2.75, 3.05) is 6.26 Å². The summed E-state index contributed by atoms with van der Waals surface area (Å²) in [4.78, 5) is 15.3. The summed E-state index contributed by atoms with van der Waals surface area (Å²) >= 11 is 4.65. The minimum Gasteiger partial charge on any atom is -0.432 e. The van der Waals surface area contributed by atoms with Gasteiger partial charge in [0.2, 0.25) is 0 Å². The number of hydrogen-bond donors (Lipinski definition) is 0. The lowest BCUT2D eigenvalue weighted by Crippen LogP contribution is -1.96. The predicted octanol–water partition coefficient (Wildman–Crippen LogP) is 4.27. The molecule has 5 nitrogen and oxygen atoms in total. The van der Waals surface area contributed by atoms with Crippen LogP contribution >= 0.6 is 27.7 Å². The van der Waals surface area contributed by atoms with E-state index in [4.69, 9.17) is 4.74 Å². The molecule has 0 aliphatic rings. The van der Waals surface area contributed by atoms with E-state index < -0.39 is 4.92 Å². The number of para-hydroxylation sites is 1. The van der Waals surface area contributed by atoms with E-state index in [9.17, 15) is 10.1 Å². The van der Waals surface area contributed by atoms with Crippen molar-refractivity contribution in [2.45, 2.75) is 4.90 Å². The first kappa shape index (κ1) is 13.8. The second-order valence-electron chi connectivity index (χ2n) is 3.49. The van der Waals surface area contributed by atoms with Gasteiger partial charge in [-0.25, -0.2) is 4.98 Å². The molecular weight excluding hydrogens is 332 g/mol. The molecule has 0 aliphatic heterocycles. The lowest BCUT2D eigenvalue weighted by Gasteiger charge is -2.08. The maximum Gasteiger partial charge on any atom is 0.332 e. The Kier molecular flexibility index (Phi) is 4.39. The van der Waals surface area contributed by atoms with Crippen LogP contribution in [0.3, 0.4) is 0 Å². The quantitative estimate of drug-likeness (QED) is 0.472. The second-order valence-corrected chi connectivity index (χ2v) is 5.25. The Bertz CT molecular complexity index is 622. The third-order valence-corrected chi connectivity index (χ3v) is 3.48. The van der Waals surface area contributed by atoms with Crippen LogP contribution in [0.2, 0.25) is 0 Å². The third kappa shape index (κ3) is 3.24. The van der Waals surface area contributed by atoms with Crippen LogP contribution in [0.4, 0.5) is 5.69 Å². The highest BCUT2D eigenvalue weighted by Gasteiger charge is 2.19. The fraction of sp³-hybridized carbons (Fsp3) is 0.0833. The minimum atomic E-state index is -0.519. The van der Waals surface area contributed by atoms with E-state index in [0.717, 1.165) is 4.90 Å². The average molecular weight is 341 g/mol. The van der Waals surface area contributed by atoms with Crippen LogP contribution in [0, 0.1) is 10.1 Å².